The third kappa shape index (κ3) is 3.93. The number of nitrogens with zero attached hydrogens (tertiary/aromatic N) is 3. The molecule has 0 unspecified atom stereocenters. The van der Waals surface area contributed by atoms with Gasteiger partial charge in [-0.05, 0) is 25.8 Å². The van der Waals surface area contributed by atoms with Crippen LogP contribution in [0.2, 0.25) is 0 Å². The number of hydrogen-bond acceptors (Lipinski definition) is 4. The summed E-state index contributed by atoms with van der Waals surface area (Å²) in [5, 5.41) is 0. The molecule has 0 radical (unpaired) electrons. The van der Waals surface area contributed by atoms with Gasteiger partial charge in [-0.3, -0.25) is 0 Å². The molecule has 0 saturated heterocycles. The highest BCUT2D eigenvalue weighted by atomic mass is 19.1. The van der Waals surface area contributed by atoms with E-state index in [1.54, 1.807) is 0 Å². The zero-order valence-corrected chi connectivity index (χ0v) is 10.6. The number of anilines is 1. The van der Waals surface area contributed by atoms with Gasteiger partial charge >= 0.3 is 0 Å². The van der Waals surface area contributed by atoms with Crippen LogP contribution in [0.5, 0.6) is 0 Å². The van der Waals surface area contributed by atoms with Crippen LogP contribution in [0.15, 0.2) is 6.33 Å². The monoisotopic (exact) mass is 240 g/mol. The summed E-state index contributed by atoms with van der Waals surface area (Å²) >= 11 is 0. The summed E-state index contributed by atoms with van der Waals surface area (Å²) in [4.78, 5) is 9.76. The zero-order chi connectivity index (χ0) is 12.7. The van der Waals surface area contributed by atoms with E-state index in [2.05, 4.69) is 9.97 Å². The molecular formula is C12H21FN4. The van der Waals surface area contributed by atoms with Crippen LogP contribution < -0.4 is 10.6 Å². The molecule has 0 aliphatic heterocycles. The van der Waals surface area contributed by atoms with Crippen LogP contribution >= 0.6 is 0 Å². The minimum atomic E-state index is -0.295. The number of aromatic nitrogens is 2. The highest BCUT2D eigenvalue weighted by molar-refractivity contribution is 5.39. The van der Waals surface area contributed by atoms with Crippen molar-refractivity contribution in [1.29, 1.82) is 0 Å². The van der Waals surface area contributed by atoms with Crippen molar-refractivity contribution in [3.05, 3.63) is 17.8 Å². The van der Waals surface area contributed by atoms with Gasteiger partial charge in [-0.15, -0.1) is 0 Å². The first-order valence-electron chi connectivity index (χ1n) is 6.11. The quantitative estimate of drug-likeness (QED) is 0.738. The van der Waals surface area contributed by atoms with Gasteiger partial charge in [-0.2, -0.15) is 0 Å². The van der Waals surface area contributed by atoms with Gasteiger partial charge in [-0.1, -0.05) is 13.3 Å². The SMILES string of the molecule is CCc1ncnc(N(C)CCCCCN)c1F. The summed E-state index contributed by atoms with van der Waals surface area (Å²) in [6, 6.07) is 0. The fraction of sp³-hybridized carbons (Fsp3) is 0.667. The van der Waals surface area contributed by atoms with Crippen LogP contribution in [0.1, 0.15) is 31.9 Å². The Morgan fingerprint density at radius 1 is 1.29 bits per heavy atom. The van der Waals surface area contributed by atoms with Crippen molar-refractivity contribution in [2.24, 2.45) is 5.73 Å². The Kier molecular flexibility index (Phi) is 5.83. The van der Waals surface area contributed by atoms with Crippen LogP contribution in [0.3, 0.4) is 0 Å². The van der Waals surface area contributed by atoms with Gasteiger partial charge in [0.25, 0.3) is 0 Å². The topological polar surface area (TPSA) is 55.0 Å². The van der Waals surface area contributed by atoms with E-state index >= 15 is 0 Å². The van der Waals surface area contributed by atoms with Crippen LogP contribution in [0.25, 0.3) is 0 Å². The molecule has 0 aliphatic carbocycles. The average molecular weight is 240 g/mol. The van der Waals surface area contributed by atoms with Crippen molar-refractivity contribution < 1.29 is 4.39 Å². The molecule has 1 aromatic rings. The maximum atomic E-state index is 13.9. The maximum Gasteiger partial charge on any atom is 0.187 e. The largest absolute Gasteiger partial charge is 0.357 e. The summed E-state index contributed by atoms with van der Waals surface area (Å²) in [5.41, 5.74) is 5.90. The summed E-state index contributed by atoms with van der Waals surface area (Å²) in [6.07, 6.45) is 5.09. The first-order valence-corrected chi connectivity index (χ1v) is 6.11. The molecule has 0 bridgehead atoms. The predicted octanol–water partition coefficient (Wildman–Crippen LogP) is 1.74. The smallest absolute Gasteiger partial charge is 0.187 e. The van der Waals surface area contributed by atoms with Crippen LogP contribution in [0, 0.1) is 5.82 Å². The molecule has 1 heterocycles. The normalized spacial score (nSPS) is 10.6. The number of rotatable bonds is 7. The zero-order valence-electron chi connectivity index (χ0n) is 10.6. The molecule has 1 rings (SSSR count). The van der Waals surface area contributed by atoms with Crippen molar-refractivity contribution in [3.63, 3.8) is 0 Å². The third-order valence-corrected chi connectivity index (χ3v) is 2.74. The summed E-state index contributed by atoms with van der Waals surface area (Å²) in [6.45, 7) is 3.39. The molecule has 17 heavy (non-hydrogen) atoms. The first-order chi connectivity index (χ1) is 8.20. The molecule has 4 nitrogen and oxygen atoms in total. The third-order valence-electron chi connectivity index (χ3n) is 2.74. The van der Waals surface area contributed by atoms with E-state index in [9.17, 15) is 4.39 Å². The second-order valence-corrected chi connectivity index (χ2v) is 4.08. The second kappa shape index (κ2) is 7.17. The molecule has 0 saturated carbocycles. The first kappa shape index (κ1) is 13.8. The summed E-state index contributed by atoms with van der Waals surface area (Å²) in [7, 11) is 1.85. The lowest BCUT2D eigenvalue weighted by Gasteiger charge is -2.19. The van der Waals surface area contributed by atoms with E-state index in [4.69, 9.17) is 5.73 Å². The van der Waals surface area contributed by atoms with Crippen molar-refractivity contribution in [3.8, 4) is 0 Å². The average Bonchev–Trinajstić information content (AvgIpc) is 2.34. The highest BCUT2D eigenvalue weighted by Gasteiger charge is 2.12. The maximum absolute atomic E-state index is 13.9. The lowest BCUT2D eigenvalue weighted by molar-refractivity contribution is 0.583. The number of hydrogen-bond donors (Lipinski definition) is 1. The Labute approximate surface area is 102 Å². The molecule has 0 aliphatic rings. The van der Waals surface area contributed by atoms with Gasteiger partial charge in [0.05, 0.1) is 5.69 Å². The van der Waals surface area contributed by atoms with Gasteiger partial charge in [-0.25, -0.2) is 14.4 Å². The molecule has 0 atom stereocenters. The molecule has 0 spiro atoms. The van der Waals surface area contributed by atoms with Crippen LogP contribution in [0.4, 0.5) is 10.2 Å². The number of halogens is 1. The summed E-state index contributed by atoms with van der Waals surface area (Å²) < 4.78 is 13.9. The van der Waals surface area contributed by atoms with E-state index in [0.29, 0.717) is 24.5 Å². The Bertz CT molecular complexity index is 343. The number of aryl methyl sites for hydroxylation is 1. The Morgan fingerprint density at radius 2 is 2.06 bits per heavy atom. The standard InChI is InChI=1S/C12H21FN4/c1-3-10-11(13)12(16-9-15-10)17(2)8-6-4-5-7-14/h9H,3-8,14H2,1-2H3. The summed E-state index contributed by atoms with van der Waals surface area (Å²) in [5.74, 6) is 0.0981. The minimum Gasteiger partial charge on any atom is -0.357 e. The molecule has 0 fully saturated rings. The lowest BCUT2D eigenvalue weighted by atomic mass is 10.2. The van der Waals surface area contributed by atoms with E-state index in [-0.39, 0.29) is 5.82 Å². The minimum absolute atomic E-state index is 0.295. The Balaban J connectivity index is 2.59. The molecule has 96 valence electrons. The fourth-order valence-corrected chi connectivity index (χ4v) is 1.68. The molecular weight excluding hydrogens is 219 g/mol. The van der Waals surface area contributed by atoms with Crippen LogP contribution in [-0.2, 0) is 6.42 Å². The van der Waals surface area contributed by atoms with Gasteiger partial charge in [0.15, 0.2) is 11.6 Å². The second-order valence-electron chi connectivity index (χ2n) is 4.08. The van der Waals surface area contributed by atoms with Gasteiger partial charge in [0, 0.05) is 13.6 Å². The number of nitrogens with two attached hydrogens (primary N) is 1. The van der Waals surface area contributed by atoms with Gasteiger partial charge in [0.2, 0.25) is 0 Å². The molecule has 0 amide bonds. The highest BCUT2D eigenvalue weighted by Crippen LogP contribution is 2.17. The predicted molar refractivity (Wildman–Crippen MR) is 67.5 cm³/mol. The molecule has 2 N–H and O–H groups in total. The Hall–Kier alpha value is -1.23. The Morgan fingerprint density at radius 3 is 2.71 bits per heavy atom. The molecule has 5 heteroatoms. The molecule has 1 aromatic heterocycles. The van der Waals surface area contributed by atoms with Gasteiger partial charge < -0.3 is 10.6 Å². The van der Waals surface area contributed by atoms with E-state index in [1.165, 1.54) is 6.33 Å². The lowest BCUT2D eigenvalue weighted by Crippen LogP contribution is -2.22. The van der Waals surface area contributed by atoms with E-state index in [1.807, 2.05) is 18.9 Å². The molecule has 0 aromatic carbocycles. The van der Waals surface area contributed by atoms with Crippen molar-refractivity contribution >= 4 is 5.82 Å². The van der Waals surface area contributed by atoms with Gasteiger partial charge in [0.1, 0.15) is 6.33 Å². The van der Waals surface area contributed by atoms with E-state index < -0.39 is 0 Å². The van der Waals surface area contributed by atoms with Crippen molar-refractivity contribution in [1.82, 2.24) is 9.97 Å². The van der Waals surface area contributed by atoms with E-state index in [0.717, 1.165) is 25.8 Å². The number of unbranched alkanes of at least 4 members (excludes halogenated alkanes) is 2. The van der Waals surface area contributed by atoms with Crippen molar-refractivity contribution in [2.45, 2.75) is 32.6 Å². The fourth-order valence-electron chi connectivity index (χ4n) is 1.68. The van der Waals surface area contributed by atoms with Crippen molar-refractivity contribution in [2.75, 3.05) is 25.0 Å². The van der Waals surface area contributed by atoms with Crippen LogP contribution in [-0.4, -0.2) is 30.1 Å².